The summed E-state index contributed by atoms with van der Waals surface area (Å²) < 4.78 is 14.7. The van der Waals surface area contributed by atoms with E-state index in [9.17, 15) is 9.18 Å². The fraction of sp³-hybridized carbons (Fsp3) is 0.636. The number of carbonyl (C=O) groups excluding carboxylic acids is 1. The first-order chi connectivity index (χ1) is 14.5. The number of piperazine rings is 1. The Morgan fingerprint density at radius 3 is 2.55 bits per heavy atom. The molecule has 1 aromatic rings. The molecule has 0 bridgehead atoms. The molecule has 0 aliphatic carbocycles. The van der Waals surface area contributed by atoms with Gasteiger partial charge in [0.15, 0.2) is 5.96 Å². The quantitative estimate of drug-likeness (QED) is 0.326. The van der Waals surface area contributed by atoms with Crippen LogP contribution in [-0.2, 0) is 11.3 Å². The zero-order valence-corrected chi connectivity index (χ0v) is 21.2. The van der Waals surface area contributed by atoms with Gasteiger partial charge in [-0.3, -0.25) is 9.79 Å². The Morgan fingerprint density at radius 1 is 1.19 bits per heavy atom. The Bertz CT molecular complexity index is 754. The van der Waals surface area contributed by atoms with Crippen LogP contribution in [0.5, 0.6) is 0 Å². The second-order valence-corrected chi connectivity index (χ2v) is 7.96. The highest BCUT2D eigenvalue weighted by atomic mass is 127. The van der Waals surface area contributed by atoms with E-state index < -0.39 is 0 Å². The van der Waals surface area contributed by atoms with Gasteiger partial charge < -0.3 is 25.3 Å². The minimum absolute atomic E-state index is 0. The fourth-order valence-electron chi connectivity index (χ4n) is 4.12. The molecule has 2 N–H and O–H groups in total. The Balaban J connectivity index is 0.00000341. The number of nitrogens with zero attached hydrogens (tertiary/aromatic N) is 4. The van der Waals surface area contributed by atoms with E-state index in [1.54, 1.807) is 13.1 Å². The van der Waals surface area contributed by atoms with Gasteiger partial charge in [-0.25, -0.2) is 4.39 Å². The minimum Gasteiger partial charge on any atom is -0.367 e. The molecule has 3 rings (SSSR count). The topological polar surface area (TPSA) is 63.2 Å². The lowest BCUT2D eigenvalue weighted by molar-refractivity contribution is -0.129. The van der Waals surface area contributed by atoms with Crippen LogP contribution in [-0.4, -0.2) is 80.6 Å². The maximum atomic E-state index is 14.7. The number of carbonyl (C=O) groups is 1. The van der Waals surface area contributed by atoms with Crippen LogP contribution in [0.3, 0.4) is 0 Å². The highest BCUT2D eigenvalue weighted by Gasteiger charge is 2.25. The van der Waals surface area contributed by atoms with Crippen molar-refractivity contribution in [2.75, 3.05) is 57.8 Å². The number of rotatable bonds is 6. The average molecular weight is 546 g/mol. The Labute approximate surface area is 202 Å². The summed E-state index contributed by atoms with van der Waals surface area (Å²) >= 11 is 0. The van der Waals surface area contributed by atoms with Gasteiger partial charge in [-0.1, -0.05) is 19.9 Å². The molecule has 174 valence electrons. The molecule has 31 heavy (non-hydrogen) atoms. The van der Waals surface area contributed by atoms with Crippen molar-refractivity contribution in [3.8, 4) is 0 Å². The number of amides is 1. The number of nitrogens with one attached hydrogen (secondary N) is 2. The third-order valence-corrected chi connectivity index (χ3v) is 6.04. The van der Waals surface area contributed by atoms with Crippen molar-refractivity contribution >= 4 is 41.5 Å². The van der Waals surface area contributed by atoms with Crippen molar-refractivity contribution < 1.29 is 9.18 Å². The average Bonchev–Trinajstić information content (AvgIpc) is 3.25. The maximum Gasteiger partial charge on any atom is 0.222 e. The number of likely N-dealkylation sites (N-methyl/N-ethyl adjacent to an activating group) is 1. The molecular formula is C22H36FIN6O. The Kier molecular flexibility index (Phi) is 10.3. The molecular weight excluding hydrogens is 510 g/mol. The highest BCUT2D eigenvalue weighted by molar-refractivity contribution is 14.0. The van der Waals surface area contributed by atoms with E-state index in [0.717, 1.165) is 51.3 Å². The first-order valence-corrected chi connectivity index (χ1v) is 11.0. The molecule has 7 nitrogen and oxygen atoms in total. The summed E-state index contributed by atoms with van der Waals surface area (Å²) in [6.45, 7) is 10.7. The number of anilines is 1. The van der Waals surface area contributed by atoms with E-state index in [4.69, 9.17) is 0 Å². The fourth-order valence-corrected chi connectivity index (χ4v) is 4.12. The number of hydrogen-bond donors (Lipinski definition) is 2. The van der Waals surface area contributed by atoms with Crippen LogP contribution in [0, 0.1) is 5.82 Å². The third-order valence-electron chi connectivity index (χ3n) is 6.04. The molecule has 2 fully saturated rings. The van der Waals surface area contributed by atoms with Gasteiger partial charge in [-0.05, 0) is 30.7 Å². The minimum atomic E-state index is -0.174. The largest absolute Gasteiger partial charge is 0.367 e. The number of halogens is 2. The van der Waals surface area contributed by atoms with Crippen LogP contribution in [0.4, 0.5) is 10.1 Å². The van der Waals surface area contributed by atoms with Gasteiger partial charge in [0.2, 0.25) is 5.91 Å². The summed E-state index contributed by atoms with van der Waals surface area (Å²) in [6.07, 6.45) is 1.44. The molecule has 1 aromatic carbocycles. The van der Waals surface area contributed by atoms with Crippen LogP contribution in [0.2, 0.25) is 0 Å². The summed E-state index contributed by atoms with van der Waals surface area (Å²) in [5.74, 6) is 0.687. The molecule has 1 amide bonds. The summed E-state index contributed by atoms with van der Waals surface area (Å²) in [5.41, 5.74) is 1.56. The molecule has 2 saturated heterocycles. The van der Waals surface area contributed by atoms with E-state index in [0.29, 0.717) is 31.2 Å². The summed E-state index contributed by atoms with van der Waals surface area (Å²) in [6, 6.07) is 5.66. The van der Waals surface area contributed by atoms with Crippen LogP contribution >= 0.6 is 24.0 Å². The molecule has 1 atom stereocenters. The molecule has 2 heterocycles. The summed E-state index contributed by atoms with van der Waals surface area (Å²) in [5, 5.41) is 6.63. The van der Waals surface area contributed by atoms with Crippen LogP contribution < -0.4 is 15.5 Å². The molecule has 0 spiro atoms. The highest BCUT2D eigenvalue weighted by Crippen LogP contribution is 2.22. The van der Waals surface area contributed by atoms with Crippen molar-refractivity contribution in [2.45, 2.75) is 39.3 Å². The second kappa shape index (κ2) is 12.4. The lowest BCUT2D eigenvalue weighted by Crippen LogP contribution is -2.46. The van der Waals surface area contributed by atoms with Crippen molar-refractivity contribution in [3.05, 3.63) is 29.6 Å². The summed E-state index contributed by atoms with van der Waals surface area (Å²) in [4.78, 5) is 22.5. The molecule has 0 saturated carbocycles. The van der Waals surface area contributed by atoms with Gasteiger partial charge in [0.25, 0.3) is 0 Å². The smallest absolute Gasteiger partial charge is 0.222 e. The zero-order valence-electron chi connectivity index (χ0n) is 18.9. The second-order valence-electron chi connectivity index (χ2n) is 7.96. The molecule has 2 aliphatic rings. The van der Waals surface area contributed by atoms with E-state index in [-0.39, 0.29) is 41.7 Å². The van der Waals surface area contributed by atoms with Crippen molar-refractivity contribution in [3.63, 3.8) is 0 Å². The van der Waals surface area contributed by atoms with E-state index >= 15 is 0 Å². The molecule has 2 aliphatic heterocycles. The lowest BCUT2D eigenvalue weighted by atomic mass is 10.1. The maximum absolute atomic E-state index is 14.7. The van der Waals surface area contributed by atoms with Gasteiger partial charge in [0, 0.05) is 65.3 Å². The molecule has 1 unspecified atom stereocenters. The van der Waals surface area contributed by atoms with Gasteiger partial charge >= 0.3 is 0 Å². The molecule has 0 radical (unpaired) electrons. The van der Waals surface area contributed by atoms with Crippen LogP contribution in [0.1, 0.15) is 32.3 Å². The Morgan fingerprint density at radius 2 is 1.94 bits per heavy atom. The van der Waals surface area contributed by atoms with Crippen LogP contribution in [0.25, 0.3) is 0 Å². The van der Waals surface area contributed by atoms with Crippen molar-refractivity contribution in [2.24, 2.45) is 4.99 Å². The van der Waals surface area contributed by atoms with Gasteiger partial charge in [-0.2, -0.15) is 0 Å². The first kappa shape index (κ1) is 25.6. The first-order valence-electron chi connectivity index (χ1n) is 11.0. The van der Waals surface area contributed by atoms with Crippen molar-refractivity contribution in [1.29, 1.82) is 0 Å². The van der Waals surface area contributed by atoms with Crippen molar-refractivity contribution in [1.82, 2.24) is 20.4 Å². The van der Waals surface area contributed by atoms with E-state index in [1.807, 2.05) is 24.0 Å². The predicted octanol–water partition coefficient (Wildman–Crippen LogP) is 2.26. The number of aliphatic imine (C=N–C) groups is 1. The lowest BCUT2D eigenvalue weighted by Gasteiger charge is -2.35. The van der Waals surface area contributed by atoms with E-state index in [1.165, 1.54) is 0 Å². The van der Waals surface area contributed by atoms with Gasteiger partial charge in [0.1, 0.15) is 5.82 Å². The standard InChI is InChI=1S/C22H35FN6O.HI/c1-4-21(30)29-9-8-18(16-29)26-22(24-3)25-15-17-6-7-20(19(23)14-17)28-12-10-27(5-2)11-13-28;/h6-7,14,18H,4-5,8-13,15-16H2,1-3H3,(H2,24,25,26);1H. The summed E-state index contributed by atoms with van der Waals surface area (Å²) in [7, 11) is 1.72. The number of hydrogen-bond acceptors (Lipinski definition) is 4. The molecule has 0 aromatic heterocycles. The van der Waals surface area contributed by atoms with Gasteiger partial charge in [-0.15, -0.1) is 24.0 Å². The number of guanidine groups is 1. The predicted molar refractivity (Wildman–Crippen MR) is 135 cm³/mol. The number of benzene rings is 1. The monoisotopic (exact) mass is 546 g/mol. The van der Waals surface area contributed by atoms with Crippen LogP contribution in [0.15, 0.2) is 23.2 Å². The SMILES string of the molecule is CCC(=O)N1CCC(NC(=NC)NCc2ccc(N3CCN(CC)CC3)c(F)c2)C1.I. The normalized spacial score (nSPS) is 19.9. The number of likely N-dealkylation sites (tertiary alicyclic amines) is 1. The van der Waals surface area contributed by atoms with E-state index in [2.05, 4.69) is 32.3 Å². The third kappa shape index (κ3) is 6.93. The van der Waals surface area contributed by atoms with Gasteiger partial charge in [0.05, 0.1) is 5.69 Å². The molecule has 9 heteroatoms. The Hall–Kier alpha value is -1.62. The zero-order chi connectivity index (χ0) is 21.5.